The van der Waals surface area contributed by atoms with Crippen molar-refractivity contribution in [1.82, 2.24) is 10.3 Å². The highest BCUT2D eigenvalue weighted by atomic mass is 16.5. The van der Waals surface area contributed by atoms with Gasteiger partial charge in [-0.15, -0.1) is 0 Å². The molecule has 1 unspecified atom stereocenters. The fourth-order valence-corrected chi connectivity index (χ4v) is 1.53. The van der Waals surface area contributed by atoms with Gasteiger partial charge in [0, 0.05) is 30.5 Å². The summed E-state index contributed by atoms with van der Waals surface area (Å²) >= 11 is 0. The second kappa shape index (κ2) is 4.51. The topological polar surface area (TPSA) is 51.2 Å². The summed E-state index contributed by atoms with van der Waals surface area (Å²) in [4.78, 5) is 16.0. The molecule has 1 fully saturated rings. The number of ketones is 1. The molecule has 1 atom stereocenters. The van der Waals surface area contributed by atoms with Crippen LogP contribution in [-0.4, -0.2) is 36.6 Å². The van der Waals surface area contributed by atoms with Crippen molar-refractivity contribution in [3.8, 4) is 0 Å². The molecule has 0 aromatic carbocycles. The lowest BCUT2D eigenvalue weighted by atomic mass is 10.1. The molecule has 4 nitrogen and oxygen atoms in total. The highest BCUT2D eigenvalue weighted by Crippen LogP contribution is 2.07. The lowest BCUT2D eigenvalue weighted by molar-refractivity contribution is 0.0269. The van der Waals surface area contributed by atoms with Gasteiger partial charge in [-0.2, -0.15) is 0 Å². The molecular weight excluding hydrogens is 192 g/mol. The first-order chi connectivity index (χ1) is 7.27. The van der Waals surface area contributed by atoms with Gasteiger partial charge in [-0.05, 0) is 19.1 Å². The Bertz CT molecular complexity index is 342. The zero-order chi connectivity index (χ0) is 10.7. The Labute approximate surface area is 88.7 Å². The second-order valence-electron chi connectivity index (χ2n) is 3.62. The highest BCUT2D eigenvalue weighted by molar-refractivity contribution is 5.99. The molecule has 1 aliphatic rings. The fourth-order valence-electron chi connectivity index (χ4n) is 1.53. The smallest absolute Gasteiger partial charge is 0.194 e. The number of hydrogen-bond donors (Lipinski definition) is 1. The number of morpholine rings is 1. The van der Waals surface area contributed by atoms with E-state index < -0.39 is 0 Å². The number of Topliss-reactive ketones (excluding diaryl/α,β-unsaturated/α-hetero) is 1. The van der Waals surface area contributed by atoms with Crippen molar-refractivity contribution in [2.24, 2.45) is 0 Å². The summed E-state index contributed by atoms with van der Waals surface area (Å²) in [5, 5.41) is 3.13. The maximum absolute atomic E-state index is 11.9. The van der Waals surface area contributed by atoms with Gasteiger partial charge in [0.15, 0.2) is 5.78 Å². The first-order valence-corrected chi connectivity index (χ1v) is 5.06. The molecule has 1 aromatic rings. The standard InChI is InChI=1S/C11H14N2O2/c1-8-2-3-9(6-13-8)11(14)10-7-12-4-5-15-10/h2-3,6,10,12H,4-5,7H2,1H3. The van der Waals surface area contributed by atoms with Crippen LogP contribution in [0.15, 0.2) is 18.3 Å². The van der Waals surface area contributed by atoms with E-state index in [-0.39, 0.29) is 11.9 Å². The molecule has 0 radical (unpaired) electrons. The Morgan fingerprint density at radius 3 is 3.07 bits per heavy atom. The number of carbonyl (C=O) groups is 1. The van der Waals surface area contributed by atoms with Crippen LogP contribution < -0.4 is 5.32 Å². The van der Waals surface area contributed by atoms with Gasteiger partial charge in [-0.25, -0.2) is 0 Å². The van der Waals surface area contributed by atoms with Gasteiger partial charge in [0.25, 0.3) is 0 Å². The van der Waals surface area contributed by atoms with Crippen LogP contribution in [0.25, 0.3) is 0 Å². The van der Waals surface area contributed by atoms with Crippen LogP contribution in [0, 0.1) is 6.92 Å². The van der Waals surface area contributed by atoms with Crippen molar-refractivity contribution >= 4 is 5.78 Å². The molecule has 1 aliphatic heterocycles. The number of aromatic nitrogens is 1. The van der Waals surface area contributed by atoms with Crippen molar-refractivity contribution in [2.45, 2.75) is 13.0 Å². The molecule has 0 amide bonds. The molecule has 0 aliphatic carbocycles. The SMILES string of the molecule is Cc1ccc(C(=O)C2CNCCO2)cn1. The lowest BCUT2D eigenvalue weighted by Crippen LogP contribution is -2.43. The van der Waals surface area contributed by atoms with E-state index in [0.717, 1.165) is 12.2 Å². The van der Waals surface area contributed by atoms with Crippen LogP contribution in [0.1, 0.15) is 16.1 Å². The molecule has 0 spiro atoms. The summed E-state index contributed by atoms with van der Waals surface area (Å²) < 4.78 is 5.38. The Morgan fingerprint density at radius 2 is 2.47 bits per heavy atom. The van der Waals surface area contributed by atoms with E-state index >= 15 is 0 Å². The highest BCUT2D eigenvalue weighted by Gasteiger charge is 2.22. The van der Waals surface area contributed by atoms with Crippen LogP contribution in [-0.2, 0) is 4.74 Å². The minimum absolute atomic E-state index is 0.00898. The van der Waals surface area contributed by atoms with E-state index in [1.807, 2.05) is 13.0 Å². The number of hydrogen-bond acceptors (Lipinski definition) is 4. The molecule has 1 saturated heterocycles. The summed E-state index contributed by atoms with van der Waals surface area (Å²) in [5.41, 5.74) is 1.53. The molecule has 2 rings (SSSR count). The van der Waals surface area contributed by atoms with Crippen molar-refractivity contribution < 1.29 is 9.53 Å². The predicted octanol–water partition coefficient (Wildman–Crippen LogP) is 0.561. The summed E-state index contributed by atoms with van der Waals surface area (Å²) in [6, 6.07) is 3.63. The van der Waals surface area contributed by atoms with Gasteiger partial charge in [0.2, 0.25) is 0 Å². The summed E-state index contributed by atoms with van der Waals surface area (Å²) in [6.07, 6.45) is 1.25. The number of aryl methyl sites for hydroxylation is 1. The van der Waals surface area contributed by atoms with Crippen LogP contribution in [0.2, 0.25) is 0 Å². The maximum atomic E-state index is 11.9. The number of nitrogens with one attached hydrogen (secondary N) is 1. The van der Waals surface area contributed by atoms with Gasteiger partial charge in [0.05, 0.1) is 6.61 Å². The minimum atomic E-state index is -0.358. The van der Waals surface area contributed by atoms with E-state index in [0.29, 0.717) is 18.7 Å². The number of carbonyl (C=O) groups excluding carboxylic acids is 1. The third-order valence-electron chi connectivity index (χ3n) is 2.42. The number of ether oxygens (including phenoxy) is 1. The quantitative estimate of drug-likeness (QED) is 0.718. The largest absolute Gasteiger partial charge is 0.367 e. The first kappa shape index (κ1) is 10.3. The van der Waals surface area contributed by atoms with Crippen LogP contribution in [0.4, 0.5) is 0 Å². The van der Waals surface area contributed by atoms with E-state index in [4.69, 9.17) is 4.74 Å². The van der Waals surface area contributed by atoms with Gasteiger partial charge < -0.3 is 10.1 Å². The van der Waals surface area contributed by atoms with Gasteiger partial charge in [-0.1, -0.05) is 0 Å². The normalized spacial score (nSPS) is 21.3. The Hall–Kier alpha value is -1.26. The zero-order valence-corrected chi connectivity index (χ0v) is 8.69. The van der Waals surface area contributed by atoms with Crippen LogP contribution >= 0.6 is 0 Å². The van der Waals surface area contributed by atoms with Crippen LogP contribution in [0.3, 0.4) is 0 Å². The van der Waals surface area contributed by atoms with E-state index in [1.165, 1.54) is 0 Å². The fraction of sp³-hybridized carbons (Fsp3) is 0.455. The van der Waals surface area contributed by atoms with Gasteiger partial charge in [-0.3, -0.25) is 9.78 Å². The van der Waals surface area contributed by atoms with Crippen molar-refractivity contribution in [2.75, 3.05) is 19.7 Å². The third-order valence-corrected chi connectivity index (χ3v) is 2.42. The average Bonchev–Trinajstić information content (AvgIpc) is 2.30. The van der Waals surface area contributed by atoms with E-state index in [9.17, 15) is 4.79 Å². The molecule has 0 bridgehead atoms. The average molecular weight is 206 g/mol. The predicted molar refractivity (Wildman–Crippen MR) is 55.9 cm³/mol. The van der Waals surface area contributed by atoms with Crippen molar-refractivity contribution in [1.29, 1.82) is 0 Å². The molecule has 4 heteroatoms. The van der Waals surface area contributed by atoms with E-state index in [1.54, 1.807) is 12.3 Å². The minimum Gasteiger partial charge on any atom is -0.367 e. The number of pyridine rings is 1. The zero-order valence-electron chi connectivity index (χ0n) is 8.69. The van der Waals surface area contributed by atoms with Crippen LogP contribution in [0.5, 0.6) is 0 Å². The molecule has 0 saturated carbocycles. The van der Waals surface area contributed by atoms with Gasteiger partial charge in [0.1, 0.15) is 6.10 Å². The van der Waals surface area contributed by atoms with E-state index in [2.05, 4.69) is 10.3 Å². The molecule has 1 aromatic heterocycles. The van der Waals surface area contributed by atoms with Gasteiger partial charge >= 0.3 is 0 Å². The first-order valence-electron chi connectivity index (χ1n) is 5.06. The molecular formula is C11H14N2O2. The number of nitrogens with zero attached hydrogens (tertiary/aromatic N) is 1. The Morgan fingerprint density at radius 1 is 1.60 bits per heavy atom. The number of rotatable bonds is 2. The lowest BCUT2D eigenvalue weighted by Gasteiger charge is -2.22. The monoisotopic (exact) mass is 206 g/mol. The molecule has 1 N–H and O–H groups in total. The maximum Gasteiger partial charge on any atom is 0.194 e. The molecule has 15 heavy (non-hydrogen) atoms. The second-order valence-corrected chi connectivity index (χ2v) is 3.62. The van der Waals surface area contributed by atoms with Crippen molar-refractivity contribution in [3.05, 3.63) is 29.6 Å². The summed E-state index contributed by atoms with van der Waals surface area (Å²) in [7, 11) is 0. The summed E-state index contributed by atoms with van der Waals surface area (Å²) in [6.45, 7) is 3.89. The Kier molecular flexibility index (Phi) is 3.08. The Balaban J connectivity index is 2.09. The molecule has 80 valence electrons. The summed E-state index contributed by atoms with van der Waals surface area (Å²) in [5.74, 6) is 0.00898. The molecule has 2 heterocycles. The van der Waals surface area contributed by atoms with Crippen molar-refractivity contribution in [3.63, 3.8) is 0 Å². The third kappa shape index (κ3) is 2.40.